The summed E-state index contributed by atoms with van der Waals surface area (Å²) in [7, 11) is 0. The quantitative estimate of drug-likeness (QED) is 0.0349. The van der Waals surface area contributed by atoms with Gasteiger partial charge in [-0.2, -0.15) is 25.5 Å². The van der Waals surface area contributed by atoms with Crippen LogP contribution in [0.3, 0.4) is 0 Å². The Bertz CT molecular complexity index is 5940. The van der Waals surface area contributed by atoms with Gasteiger partial charge < -0.3 is 15.1 Å². The van der Waals surface area contributed by atoms with Gasteiger partial charge in [-0.05, 0) is 195 Å². The molecule has 546 valence electrons. The summed E-state index contributed by atoms with van der Waals surface area (Å²) in [5.74, 6) is 3.96. The first-order chi connectivity index (χ1) is 53.4. The van der Waals surface area contributed by atoms with Crippen molar-refractivity contribution >= 4 is 57.1 Å². The van der Waals surface area contributed by atoms with Crippen molar-refractivity contribution in [3.05, 3.63) is 309 Å². The number of carbonyl (C=O) groups excluding carboxylic acids is 5. The number of Topliss-reactive ketones (excluding diaryl/α,β-unsaturated/α-hetero) is 5. The van der Waals surface area contributed by atoms with Crippen LogP contribution in [-0.4, -0.2) is 130 Å². The zero-order valence-corrected chi connectivity index (χ0v) is 61.0. The van der Waals surface area contributed by atoms with Gasteiger partial charge in [-0.3, -0.25) is 49.5 Å². The second kappa shape index (κ2) is 34.2. The summed E-state index contributed by atoms with van der Waals surface area (Å²) in [5.41, 5.74) is 22.7. The highest BCUT2D eigenvalue weighted by molar-refractivity contribution is 6.08. The molecule has 9 aromatic carbocycles. The van der Waals surface area contributed by atoms with Crippen LogP contribution in [0.4, 0.5) is 0 Å². The van der Waals surface area contributed by atoms with Crippen LogP contribution < -0.4 is 0 Å². The Balaban J connectivity index is 0.000000122. The van der Waals surface area contributed by atoms with Crippen LogP contribution in [0.5, 0.6) is 5.75 Å². The number of imidazole rings is 2. The second-order valence-corrected chi connectivity index (χ2v) is 26.8. The van der Waals surface area contributed by atoms with Crippen molar-refractivity contribution < 1.29 is 29.1 Å². The van der Waals surface area contributed by atoms with Gasteiger partial charge in [0.05, 0.1) is 34.7 Å². The van der Waals surface area contributed by atoms with Crippen molar-refractivity contribution in [2.75, 3.05) is 0 Å². The molecule has 8 N–H and O–H groups in total. The topological polar surface area (TPSA) is 371 Å². The number of benzene rings is 9. The first kappa shape index (κ1) is 73.8. The van der Waals surface area contributed by atoms with Crippen molar-refractivity contribution in [3.8, 4) is 62.7 Å². The van der Waals surface area contributed by atoms with E-state index in [0.717, 1.165) is 129 Å². The van der Waals surface area contributed by atoms with Gasteiger partial charge >= 0.3 is 0 Å². The number of rotatable bonds is 19. The maximum atomic E-state index is 12.9. The van der Waals surface area contributed by atoms with Gasteiger partial charge in [0.1, 0.15) is 43.2 Å². The molecule has 0 saturated carbocycles. The third kappa shape index (κ3) is 18.9. The molecule has 0 aliphatic heterocycles. The number of phenols is 1. The van der Waals surface area contributed by atoms with E-state index in [1.807, 2.05) is 186 Å². The van der Waals surface area contributed by atoms with E-state index in [-0.39, 0.29) is 41.1 Å². The first-order valence-corrected chi connectivity index (χ1v) is 35.2. The normalized spacial score (nSPS) is 11.1. The molecule has 1 aliphatic rings. The van der Waals surface area contributed by atoms with Crippen LogP contribution in [0.25, 0.3) is 85.1 Å². The van der Waals surface area contributed by atoms with Gasteiger partial charge in [0, 0.05) is 82.2 Å². The molecule has 7 heterocycles. The number of phenolic OH excluding ortho intramolecular Hbond substituents is 1. The molecule has 16 aromatic rings. The summed E-state index contributed by atoms with van der Waals surface area (Å²) in [6, 6.07) is 53.8. The molecule has 110 heavy (non-hydrogen) atoms. The molecule has 0 unspecified atom stereocenters. The van der Waals surface area contributed by atoms with E-state index in [0.29, 0.717) is 65.7 Å². The third-order valence-electron chi connectivity index (χ3n) is 17.8. The van der Waals surface area contributed by atoms with E-state index in [9.17, 15) is 29.1 Å². The highest BCUT2D eigenvalue weighted by Gasteiger charge is 2.19. The van der Waals surface area contributed by atoms with E-state index in [2.05, 4.69) is 108 Å². The zero-order valence-electron chi connectivity index (χ0n) is 61.0. The number of aromatic amines is 7. The maximum absolute atomic E-state index is 12.9. The lowest BCUT2D eigenvalue weighted by molar-refractivity contribution is -0.116. The van der Waals surface area contributed by atoms with Crippen LogP contribution in [0.1, 0.15) is 115 Å². The van der Waals surface area contributed by atoms with Crippen molar-refractivity contribution in [1.82, 2.24) is 95.8 Å². The molecule has 0 spiro atoms. The Labute approximate surface area is 630 Å². The van der Waals surface area contributed by atoms with E-state index in [4.69, 9.17) is 0 Å². The Morgan fingerprint density at radius 1 is 0.364 bits per heavy atom. The van der Waals surface area contributed by atoms with Gasteiger partial charge in [0.2, 0.25) is 0 Å². The number of carbonyl (C=O) groups is 5. The predicted octanol–water partition coefficient (Wildman–Crippen LogP) is 14.8. The maximum Gasteiger partial charge on any atom is 0.169 e. The van der Waals surface area contributed by atoms with Crippen LogP contribution >= 0.6 is 0 Å². The lowest BCUT2D eigenvalue weighted by atomic mass is 9.97. The molecule has 7 aromatic heterocycles. The largest absolute Gasteiger partial charge is 0.508 e. The standard InChI is InChI=1S/C19H17N5O.C19H15N3O.C18H15N5O.C17H15N3O2.C12H13N3O/c1-11-3-13(7-14(4-11)19-22-10-23-24-19)8-17(25)15-5-12(2)6-16-18(15)21-9-20-16;23-18(16-8-7-14-4-2-5-15(14)11-16)10-13-3-1-6-17(9-13)19-20-12-21-22-19;1-11-5-14(17-15(6-11)19-9-20-17)16(24)8-12-3-2-4-13(7-12)18-21-10-22-23-18;1-11-5-14(9-15(21)6-11)16(22)8-12-3-2-4-13(7-12)17-18-10-19-20-17;1-8-3-10(5-9(2)16)6-11(4-8)12-13-7-14-15-12/h3-7,9-10H,8H2,1-2H3,(H,20,21)(H,22,23,24);1-3,5-9,11-12H,4,10H2,(H,20,21,22);2-7,9-10H,8H2,1H3,(H,19,20)(H,21,22,23);2-7,9-10,21H,8H2,1H3,(H,18,19,20);3-4,6-7H,5H2,1-2H3,(H,13,14,15). The van der Waals surface area contributed by atoms with Crippen LogP contribution in [0.15, 0.2) is 220 Å². The number of nitrogens with one attached hydrogen (secondary N) is 7. The molecule has 0 amide bonds. The summed E-state index contributed by atoms with van der Waals surface area (Å²) in [5, 5.41) is 43.0. The SMILES string of the molecule is CC(=O)Cc1cc(C)cc(-c2ncn[nH]2)c1.Cc1cc(C(=O)Cc2cccc(-c3ncn[nH]3)c2)c2nc[nH]c2c1.Cc1cc(CC(=O)c2cc(C)cc3[nH]cnc23)cc(-c2ncn[nH]2)c1.Cc1cc(O)cc(C(=O)Cc2cccc(-c3ncn[nH]3)c2)c1.O=C(Cc1cccc(-c2ncn[nH]2)c1)c1ccc2c(c1)C=CC2. The molecular weight excluding hydrogens is 1380 g/mol. The fraction of sp³-hybridized carbons (Fsp3) is 0.141. The molecule has 25 nitrogen and oxygen atoms in total. The Kier molecular flexibility index (Phi) is 22.9. The Hall–Kier alpha value is -14.5. The number of nitrogens with zero attached hydrogens (tertiary/aromatic N) is 12. The van der Waals surface area contributed by atoms with Gasteiger partial charge in [-0.15, -0.1) is 0 Å². The van der Waals surface area contributed by atoms with Crippen molar-refractivity contribution in [3.63, 3.8) is 0 Å². The number of fused-ring (bicyclic) bond motifs is 3. The lowest BCUT2D eigenvalue weighted by Gasteiger charge is -2.07. The molecule has 0 bridgehead atoms. The smallest absolute Gasteiger partial charge is 0.169 e. The van der Waals surface area contributed by atoms with Crippen LogP contribution in [0, 0.1) is 34.6 Å². The minimum Gasteiger partial charge on any atom is -0.508 e. The predicted molar refractivity (Wildman–Crippen MR) is 419 cm³/mol. The van der Waals surface area contributed by atoms with Crippen LogP contribution in [-0.2, 0) is 43.3 Å². The van der Waals surface area contributed by atoms with Crippen molar-refractivity contribution in [1.29, 1.82) is 0 Å². The highest BCUT2D eigenvalue weighted by Crippen LogP contribution is 2.28. The summed E-state index contributed by atoms with van der Waals surface area (Å²) in [6.45, 7) is 11.4. The average Bonchev–Trinajstić information content (AvgIpc) is 1.58. The van der Waals surface area contributed by atoms with Crippen molar-refractivity contribution in [2.45, 2.75) is 80.1 Å². The number of hydrogen-bond donors (Lipinski definition) is 8. The van der Waals surface area contributed by atoms with Gasteiger partial charge in [0.15, 0.2) is 52.3 Å². The fourth-order valence-corrected chi connectivity index (χ4v) is 13.0. The number of allylic oxidation sites excluding steroid dienone is 1. The number of ketones is 5. The number of aromatic nitrogens is 19. The average molecular weight is 1460 g/mol. The van der Waals surface area contributed by atoms with Crippen molar-refractivity contribution in [2.24, 2.45) is 0 Å². The van der Waals surface area contributed by atoms with Gasteiger partial charge in [-0.1, -0.05) is 102 Å². The minimum absolute atomic E-state index is 0.0336. The highest BCUT2D eigenvalue weighted by atomic mass is 16.3. The zero-order chi connectivity index (χ0) is 76.6. The number of hydrogen-bond acceptors (Lipinski definition) is 18. The molecule has 17 rings (SSSR count). The molecule has 0 fully saturated rings. The number of H-pyrrole nitrogens is 7. The summed E-state index contributed by atoms with van der Waals surface area (Å²) < 4.78 is 0. The molecule has 1 aliphatic carbocycles. The van der Waals surface area contributed by atoms with E-state index in [1.165, 1.54) is 43.3 Å². The van der Waals surface area contributed by atoms with E-state index < -0.39 is 0 Å². The first-order valence-electron chi connectivity index (χ1n) is 35.2. The van der Waals surface area contributed by atoms with E-state index in [1.54, 1.807) is 31.7 Å². The number of aryl methyl sites for hydroxylation is 5. The minimum atomic E-state index is -0.0336. The monoisotopic (exact) mass is 1460 g/mol. The molecule has 0 radical (unpaired) electrons. The van der Waals surface area contributed by atoms with Gasteiger partial charge in [0.25, 0.3) is 0 Å². The summed E-state index contributed by atoms with van der Waals surface area (Å²) in [6.07, 6.45) is 17.5. The van der Waals surface area contributed by atoms with Gasteiger partial charge in [-0.25, -0.2) is 34.9 Å². The number of aromatic hydroxyl groups is 1. The Morgan fingerprint density at radius 3 is 1.18 bits per heavy atom. The van der Waals surface area contributed by atoms with E-state index >= 15 is 0 Å². The van der Waals surface area contributed by atoms with Crippen LogP contribution in [0.2, 0.25) is 0 Å². The fourth-order valence-electron chi connectivity index (χ4n) is 13.0. The Morgan fingerprint density at radius 2 is 0.755 bits per heavy atom. The summed E-state index contributed by atoms with van der Waals surface area (Å²) in [4.78, 5) is 97.1. The molecule has 0 atom stereocenters. The third-order valence-corrected chi connectivity index (χ3v) is 17.8. The molecule has 25 heteroatoms. The lowest BCUT2D eigenvalue weighted by Crippen LogP contribution is -2.05. The summed E-state index contributed by atoms with van der Waals surface area (Å²) >= 11 is 0. The molecule has 0 saturated heterocycles. The molecular formula is C85H75N19O6. The second-order valence-electron chi connectivity index (χ2n) is 26.8.